The number of anilines is 1. The number of H-pyrrole nitrogens is 1. The normalized spacial score (nSPS) is 17.6. The number of phenolic OH excluding ortho intramolecular Hbond substituents is 1. The van der Waals surface area contributed by atoms with Gasteiger partial charge in [0.15, 0.2) is 18.7 Å². The Morgan fingerprint density at radius 1 is 1.26 bits per heavy atom. The number of hydrogen-bond acceptors (Lipinski definition) is 8. The largest absolute Gasteiger partial charge is 0.507 e. The molecule has 1 fully saturated rings. The number of benzene rings is 1. The van der Waals surface area contributed by atoms with Gasteiger partial charge in [0.1, 0.15) is 23.4 Å². The van der Waals surface area contributed by atoms with Crippen LogP contribution in [0.15, 0.2) is 18.2 Å². The minimum Gasteiger partial charge on any atom is -0.507 e. The van der Waals surface area contributed by atoms with Gasteiger partial charge in [0.25, 0.3) is 5.91 Å². The van der Waals surface area contributed by atoms with E-state index in [0.29, 0.717) is 18.5 Å². The molecule has 4 N–H and O–H groups in total. The zero-order valence-electron chi connectivity index (χ0n) is 19.6. The van der Waals surface area contributed by atoms with Gasteiger partial charge in [-0.2, -0.15) is 5.10 Å². The first-order valence-corrected chi connectivity index (χ1v) is 10.9. The van der Waals surface area contributed by atoms with Gasteiger partial charge in [0, 0.05) is 35.3 Å². The Morgan fingerprint density at radius 2 is 2.03 bits per heavy atom. The van der Waals surface area contributed by atoms with Crippen LogP contribution in [-0.4, -0.2) is 59.0 Å². The second-order valence-corrected chi connectivity index (χ2v) is 9.13. The number of aromatic nitrogens is 2. The van der Waals surface area contributed by atoms with Crippen LogP contribution in [-0.2, 0) is 9.53 Å². The van der Waals surface area contributed by atoms with Crippen molar-refractivity contribution in [2.24, 2.45) is 0 Å². The van der Waals surface area contributed by atoms with Crippen molar-refractivity contribution < 1.29 is 33.7 Å². The standard InChI is InChI=1S/C23H30N4O7/c1-23(2,3)25-22(31)34-14-6-5-13(7-14)17-10-20(27-26-17)24-21(30)12-33-19-9-15(32-4)8-18(29)16(19)11-28/h8-11,13-14,29H,5-7,12H2,1-4H3,(H,25,31)(H2,24,26,27,30)/t13?,14-/m1/s1. The van der Waals surface area contributed by atoms with Gasteiger partial charge in [-0.15, -0.1) is 0 Å². The fraction of sp³-hybridized carbons (Fsp3) is 0.478. The Bertz CT molecular complexity index is 1040. The number of amides is 2. The van der Waals surface area contributed by atoms with E-state index in [1.165, 1.54) is 19.2 Å². The maximum absolute atomic E-state index is 12.3. The first-order valence-electron chi connectivity index (χ1n) is 10.9. The van der Waals surface area contributed by atoms with Crippen molar-refractivity contribution in [3.8, 4) is 17.2 Å². The van der Waals surface area contributed by atoms with Gasteiger partial charge in [0.2, 0.25) is 0 Å². The lowest BCUT2D eigenvalue weighted by Crippen LogP contribution is -2.42. The lowest BCUT2D eigenvalue weighted by molar-refractivity contribution is -0.118. The number of rotatable bonds is 8. The van der Waals surface area contributed by atoms with E-state index in [9.17, 15) is 19.5 Å². The third-order valence-electron chi connectivity index (χ3n) is 5.25. The number of ether oxygens (including phenoxy) is 3. The molecule has 0 saturated heterocycles. The molecule has 1 aliphatic rings. The molecule has 0 spiro atoms. The van der Waals surface area contributed by atoms with Gasteiger partial charge in [-0.25, -0.2) is 4.79 Å². The van der Waals surface area contributed by atoms with E-state index < -0.39 is 18.6 Å². The van der Waals surface area contributed by atoms with Crippen LogP contribution in [0.4, 0.5) is 10.6 Å². The van der Waals surface area contributed by atoms with E-state index in [1.807, 2.05) is 20.8 Å². The Labute approximate surface area is 197 Å². The third-order valence-corrected chi connectivity index (χ3v) is 5.25. The highest BCUT2D eigenvalue weighted by atomic mass is 16.6. The number of carbonyl (C=O) groups is 3. The van der Waals surface area contributed by atoms with E-state index in [2.05, 4.69) is 20.8 Å². The molecule has 184 valence electrons. The summed E-state index contributed by atoms with van der Waals surface area (Å²) in [5, 5.41) is 22.3. The van der Waals surface area contributed by atoms with Gasteiger partial charge >= 0.3 is 6.09 Å². The Balaban J connectivity index is 1.52. The van der Waals surface area contributed by atoms with Crippen LogP contribution >= 0.6 is 0 Å². The van der Waals surface area contributed by atoms with Crippen molar-refractivity contribution >= 4 is 24.1 Å². The van der Waals surface area contributed by atoms with Gasteiger partial charge < -0.3 is 30.0 Å². The number of carbonyl (C=O) groups excluding carboxylic acids is 3. The highest BCUT2D eigenvalue weighted by Crippen LogP contribution is 2.36. The number of methoxy groups -OCH3 is 1. The number of nitrogens with one attached hydrogen (secondary N) is 3. The maximum Gasteiger partial charge on any atom is 0.407 e. The summed E-state index contributed by atoms with van der Waals surface area (Å²) in [6.45, 7) is 5.26. The van der Waals surface area contributed by atoms with Crippen molar-refractivity contribution in [3.63, 3.8) is 0 Å². The van der Waals surface area contributed by atoms with Gasteiger partial charge in [-0.3, -0.25) is 14.7 Å². The Morgan fingerprint density at radius 3 is 2.71 bits per heavy atom. The molecule has 11 nitrogen and oxygen atoms in total. The van der Waals surface area contributed by atoms with Crippen LogP contribution in [0.1, 0.15) is 62.0 Å². The maximum atomic E-state index is 12.3. The number of aromatic amines is 1. The van der Waals surface area contributed by atoms with Crippen LogP contribution in [0.3, 0.4) is 0 Å². The number of phenols is 1. The van der Waals surface area contributed by atoms with Crippen LogP contribution in [0, 0.1) is 0 Å². The topological polar surface area (TPSA) is 152 Å². The molecular formula is C23H30N4O7. The fourth-order valence-corrected chi connectivity index (χ4v) is 3.69. The van der Waals surface area contributed by atoms with E-state index >= 15 is 0 Å². The monoisotopic (exact) mass is 474 g/mol. The molecule has 2 atom stereocenters. The molecule has 1 saturated carbocycles. The van der Waals surface area contributed by atoms with Crippen molar-refractivity contribution in [2.45, 2.75) is 57.6 Å². The molecular weight excluding hydrogens is 444 g/mol. The SMILES string of the molecule is COc1cc(O)c(C=O)c(OCC(=O)Nc2cc(C3CC[C@@H](OC(=O)NC(C)(C)C)C3)[nH]n2)c1. The molecule has 1 aliphatic carbocycles. The first-order chi connectivity index (χ1) is 16.1. The predicted octanol–water partition coefficient (Wildman–Crippen LogP) is 3.11. The third kappa shape index (κ3) is 6.63. The summed E-state index contributed by atoms with van der Waals surface area (Å²) in [6.07, 6.45) is 2.03. The quantitative estimate of drug-likeness (QED) is 0.426. The first kappa shape index (κ1) is 24.9. The van der Waals surface area contributed by atoms with Crippen LogP contribution in [0.5, 0.6) is 17.2 Å². The van der Waals surface area contributed by atoms with Gasteiger partial charge in [-0.05, 0) is 40.0 Å². The van der Waals surface area contributed by atoms with Gasteiger partial charge in [0.05, 0.1) is 12.7 Å². The summed E-state index contributed by atoms with van der Waals surface area (Å²) in [6, 6.07) is 4.41. The van der Waals surface area contributed by atoms with Crippen molar-refractivity contribution in [2.75, 3.05) is 19.0 Å². The van der Waals surface area contributed by atoms with E-state index in [-0.39, 0.29) is 40.4 Å². The molecule has 1 unspecified atom stereocenters. The summed E-state index contributed by atoms with van der Waals surface area (Å²) in [7, 11) is 1.40. The summed E-state index contributed by atoms with van der Waals surface area (Å²) in [5.41, 5.74) is 0.390. The van der Waals surface area contributed by atoms with Crippen molar-refractivity contribution in [3.05, 3.63) is 29.5 Å². The smallest absolute Gasteiger partial charge is 0.407 e. The fourth-order valence-electron chi connectivity index (χ4n) is 3.69. The molecule has 0 bridgehead atoms. The number of alkyl carbamates (subject to hydrolysis) is 1. The summed E-state index contributed by atoms with van der Waals surface area (Å²) in [5.74, 6) is -0.0539. The average molecular weight is 475 g/mol. The molecule has 2 amide bonds. The number of aromatic hydroxyl groups is 1. The molecule has 34 heavy (non-hydrogen) atoms. The van der Waals surface area contributed by atoms with Crippen LogP contribution in [0.2, 0.25) is 0 Å². The molecule has 1 aromatic heterocycles. The average Bonchev–Trinajstić information content (AvgIpc) is 3.39. The minimum atomic E-state index is -0.497. The highest BCUT2D eigenvalue weighted by molar-refractivity contribution is 5.91. The van der Waals surface area contributed by atoms with E-state index in [0.717, 1.165) is 18.5 Å². The molecule has 2 aromatic rings. The number of hydrogen-bond donors (Lipinski definition) is 4. The summed E-state index contributed by atoms with van der Waals surface area (Å²) >= 11 is 0. The van der Waals surface area contributed by atoms with Crippen LogP contribution < -0.4 is 20.1 Å². The Kier molecular flexibility index (Phi) is 7.64. The van der Waals surface area contributed by atoms with Gasteiger partial charge in [-0.1, -0.05) is 0 Å². The second-order valence-electron chi connectivity index (χ2n) is 9.13. The molecule has 11 heteroatoms. The van der Waals surface area contributed by atoms with Crippen molar-refractivity contribution in [1.82, 2.24) is 15.5 Å². The zero-order valence-corrected chi connectivity index (χ0v) is 19.6. The van der Waals surface area contributed by atoms with E-state index in [1.54, 1.807) is 6.07 Å². The molecule has 0 radical (unpaired) electrons. The van der Waals surface area contributed by atoms with Crippen LogP contribution in [0.25, 0.3) is 0 Å². The second kappa shape index (κ2) is 10.4. The lowest BCUT2D eigenvalue weighted by Gasteiger charge is -2.22. The molecule has 1 heterocycles. The predicted molar refractivity (Wildman–Crippen MR) is 123 cm³/mol. The zero-order chi connectivity index (χ0) is 24.9. The highest BCUT2D eigenvalue weighted by Gasteiger charge is 2.30. The lowest BCUT2D eigenvalue weighted by atomic mass is 10.0. The number of nitrogens with zero attached hydrogens (tertiary/aromatic N) is 1. The molecule has 3 rings (SSSR count). The molecule has 0 aliphatic heterocycles. The molecule has 1 aromatic carbocycles. The summed E-state index contributed by atoms with van der Waals surface area (Å²) < 4.78 is 15.9. The minimum absolute atomic E-state index is 0.0252. The van der Waals surface area contributed by atoms with Crippen molar-refractivity contribution in [1.29, 1.82) is 0 Å². The summed E-state index contributed by atoms with van der Waals surface area (Å²) in [4.78, 5) is 35.5. The van der Waals surface area contributed by atoms with E-state index in [4.69, 9.17) is 14.2 Å². The number of aldehydes is 1. The Hall–Kier alpha value is -3.76.